The predicted octanol–water partition coefficient (Wildman–Crippen LogP) is 4.55. The van der Waals surface area contributed by atoms with Gasteiger partial charge in [0.25, 0.3) is 0 Å². The fourth-order valence-electron chi connectivity index (χ4n) is 3.78. The van der Waals surface area contributed by atoms with Crippen LogP contribution in [-0.2, 0) is 30.2 Å². The van der Waals surface area contributed by atoms with Gasteiger partial charge in [0.1, 0.15) is 23.5 Å². The summed E-state index contributed by atoms with van der Waals surface area (Å²) in [5.41, 5.74) is 1.96. The molecule has 37 heavy (non-hydrogen) atoms. The highest BCUT2D eigenvalue weighted by Gasteiger charge is 2.25. The van der Waals surface area contributed by atoms with Gasteiger partial charge in [-0.25, -0.2) is 4.79 Å². The van der Waals surface area contributed by atoms with Gasteiger partial charge >= 0.3 is 11.9 Å². The molecule has 0 spiro atoms. The van der Waals surface area contributed by atoms with Gasteiger partial charge in [0.2, 0.25) is 5.91 Å². The minimum absolute atomic E-state index is 0.156. The predicted molar refractivity (Wildman–Crippen MR) is 141 cm³/mol. The van der Waals surface area contributed by atoms with Crippen LogP contribution in [0.4, 0.5) is 0 Å². The van der Waals surface area contributed by atoms with Crippen LogP contribution in [0.25, 0.3) is 0 Å². The summed E-state index contributed by atoms with van der Waals surface area (Å²) >= 11 is 0. The van der Waals surface area contributed by atoms with Crippen LogP contribution in [0.3, 0.4) is 0 Å². The lowest BCUT2D eigenvalue weighted by atomic mass is 10.0. The van der Waals surface area contributed by atoms with E-state index in [9.17, 15) is 14.4 Å². The average molecular weight is 512 g/mol. The normalized spacial score (nSPS) is 23.7. The molecule has 1 aliphatic rings. The van der Waals surface area contributed by atoms with E-state index >= 15 is 0 Å². The van der Waals surface area contributed by atoms with Gasteiger partial charge in [-0.1, -0.05) is 36.4 Å². The van der Waals surface area contributed by atoms with Crippen molar-refractivity contribution in [2.75, 3.05) is 21.3 Å². The molecule has 1 aromatic carbocycles. The average Bonchev–Trinajstić information content (AvgIpc) is 2.86. The van der Waals surface area contributed by atoms with Gasteiger partial charge in [-0.3, -0.25) is 9.59 Å². The molecule has 0 aromatic heterocycles. The number of nitrogens with zero attached hydrogens (tertiary/aromatic N) is 1. The molecule has 0 saturated carbocycles. The molecule has 0 aliphatic carbocycles. The van der Waals surface area contributed by atoms with Crippen LogP contribution in [0.15, 0.2) is 66.4 Å². The molecule has 8 nitrogen and oxygen atoms in total. The summed E-state index contributed by atoms with van der Waals surface area (Å²) in [7, 11) is 4.71. The number of benzene rings is 1. The SMILES string of the molecule is C/C=C\C(=O)N(C)/C=C/CC1CC(=O)OC(C)/C=C/C(OC)/C(C)=C\Cc2cccc(OC)c2C(=O)O1. The highest BCUT2D eigenvalue weighted by atomic mass is 16.6. The third-order valence-corrected chi connectivity index (χ3v) is 5.81. The van der Waals surface area contributed by atoms with Crippen molar-refractivity contribution in [3.63, 3.8) is 0 Å². The summed E-state index contributed by atoms with van der Waals surface area (Å²) in [5, 5.41) is 0. The highest BCUT2D eigenvalue weighted by molar-refractivity contribution is 5.94. The van der Waals surface area contributed by atoms with Crippen LogP contribution >= 0.6 is 0 Å². The van der Waals surface area contributed by atoms with Gasteiger partial charge in [0.15, 0.2) is 0 Å². The zero-order chi connectivity index (χ0) is 27.4. The lowest BCUT2D eigenvalue weighted by Gasteiger charge is -2.19. The van der Waals surface area contributed by atoms with Crippen LogP contribution in [0, 0.1) is 0 Å². The summed E-state index contributed by atoms with van der Waals surface area (Å²) in [6, 6.07) is 5.34. The number of methoxy groups -OCH3 is 2. The van der Waals surface area contributed by atoms with Gasteiger partial charge in [0, 0.05) is 26.8 Å². The molecule has 1 amide bonds. The van der Waals surface area contributed by atoms with Crippen molar-refractivity contribution >= 4 is 17.8 Å². The lowest BCUT2D eigenvalue weighted by Crippen LogP contribution is -2.25. The number of hydrogen-bond acceptors (Lipinski definition) is 7. The van der Waals surface area contributed by atoms with Crippen molar-refractivity contribution in [2.45, 2.75) is 58.3 Å². The Balaban J connectivity index is 2.43. The van der Waals surface area contributed by atoms with Gasteiger partial charge in [-0.2, -0.15) is 0 Å². The largest absolute Gasteiger partial charge is 0.496 e. The summed E-state index contributed by atoms with van der Waals surface area (Å²) in [6.07, 6.45) is 10.8. The third-order valence-electron chi connectivity index (χ3n) is 5.81. The van der Waals surface area contributed by atoms with E-state index in [0.29, 0.717) is 17.7 Å². The Kier molecular flexibility index (Phi) is 11.8. The van der Waals surface area contributed by atoms with Crippen LogP contribution in [0.2, 0.25) is 0 Å². The molecule has 3 unspecified atom stereocenters. The standard InChI is InChI=1S/C29H37NO7/c1-7-10-26(31)30(4)18-9-12-23-19-27(32)36-21(3)15-17-24(34-5)20(2)14-16-22-11-8-13-25(35-6)28(22)29(33)37-23/h7-11,13-15,17-18,21,23-24H,12,16,19H2,1-6H3/b10-7-,17-15+,18-9+,20-14-. The van der Waals surface area contributed by atoms with Gasteiger partial charge < -0.3 is 23.8 Å². The Morgan fingerprint density at radius 1 is 1.19 bits per heavy atom. The Labute approximate surface area is 219 Å². The molecule has 0 fully saturated rings. The molecule has 8 heteroatoms. The van der Waals surface area contributed by atoms with E-state index in [2.05, 4.69) is 0 Å². The Morgan fingerprint density at radius 3 is 2.62 bits per heavy atom. The van der Waals surface area contributed by atoms with E-state index in [1.165, 1.54) is 18.1 Å². The quantitative estimate of drug-likeness (QED) is 0.314. The van der Waals surface area contributed by atoms with E-state index in [4.69, 9.17) is 18.9 Å². The molecule has 1 aliphatic heterocycles. The van der Waals surface area contributed by atoms with E-state index in [1.807, 2.05) is 31.2 Å². The minimum Gasteiger partial charge on any atom is -0.496 e. The van der Waals surface area contributed by atoms with Crippen LogP contribution in [0.1, 0.15) is 49.5 Å². The van der Waals surface area contributed by atoms with Crippen molar-refractivity contribution in [1.82, 2.24) is 4.90 Å². The number of ether oxygens (including phenoxy) is 4. The molecule has 0 N–H and O–H groups in total. The van der Waals surface area contributed by atoms with Crippen LogP contribution in [-0.4, -0.2) is 62.3 Å². The first-order chi connectivity index (χ1) is 17.7. The number of rotatable bonds is 6. The Morgan fingerprint density at radius 2 is 1.95 bits per heavy atom. The van der Waals surface area contributed by atoms with Gasteiger partial charge in [-0.15, -0.1) is 0 Å². The summed E-state index contributed by atoms with van der Waals surface area (Å²) < 4.78 is 22.4. The topological polar surface area (TPSA) is 91.4 Å². The molecule has 2 rings (SSSR count). The maximum Gasteiger partial charge on any atom is 0.342 e. The molecule has 3 atom stereocenters. The summed E-state index contributed by atoms with van der Waals surface area (Å²) in [4.78, 5) is 39.5. The zero-order valence-corrected chi connectivity index (χ0v) is 22.4. The maximum absolute atomic E-state index is 13.4. The second-order valence-electron chi connectivity index (χ2n) is 8.68. The molecule has 1 heterocycles. The number of esters is 2. The Hall–Kier alpha value is -3.65. The second kappa shape index (κ2) is 14.8. The number of fused-ring (bicyclic) bond motifs is 1. The number of likely N-dealkylation sites (N-methyl/N-ethyl adjacent to an activating group) is 1. The molecular weight excluding hydrogens is 474 g/mol. The van der Waals surface area contributed by atoms with Gasteiger partial charge in [-0.05, 0) is 56.5 Å². The summed E-state index contributed by atoms with van der Waals surface area (Å²) in [6.45, 7) is 5.44. The highest BCUT2D eigenvalue weighted by Crippen LogP contribution is 2.26. The van der Waals surface area contributed by atoms with Crippen LogP contribution in [0.5, 0.6) is 5.75 Å². The molecule has 1 aromatic rings. The van der Waals surface area contributed by atoms with E-state index < -0.39 is 24.1 Å². The number of allylic oxidation sites excluding steroid dienone is 2. The minimum atomic E-state index is -0.815. The fraction of sp³-hybridized carbons (Fsp3) is 0.414. The summed E-state index contributed by atoms with van der Waals surface area (Å²) in [5.74, 6) is -0.942. The molecule has 0 radical (unpaired) electrons. The first kappa shape index (κ1) is 29.6. The maximum atomic E-state index is 13.4. The van der Waals surface area contributed by atoms with Crippen molar-refractivity contribution in [3.05, 3.63) is 77.6 Å². The third kappa shape index (κ3) is 9.06. The van der Waals surface area contributed by atoms with Crippen molar-refractivity contribution in [3.8, 4) is 5.75 Å². The van der Waals surface area contributed by atoms with Crippen molar-refractivity contribution in [2.24, 2.45) is 0 Å². The first-order valence-electron chi connectivity index (χ1n) is 12.2. The van der Waals surface area contributed by atoms with E-state index in [0.717, 1.165) is 11.1 Å². The fourth-order valence-corrected chi connectivity index (χ4v) is 3.78. The number of amides is 1. The van der Waals surface area contributed by atoms with Crippen LogP contribution < -0.4 is 4.74 Å². The zero-order valence-electron chi connectivity index (χ0n) is 22.4. The lowest BCUT2D eigenvalue weighted by molar-refractivity contribution is -0.148. The van der Waals surface area contributed by atoms with E-state index in [1.54, 1.807) is 58.5 Å². The van der Waals surface area contributed by atoms with Crippen molar-refractivity contribution < 1.29 is 33.3 Å². The molecular formula is C29H37NO7. The first-order valence-corrected chi connectivity index (χ1v) is 12.2. The van der Waals surface area contributed by atoms with E-state index in [-0.39, 0.29) is 24.9 Å². The number of hydrogen-bond donors (Lipinski definition) is 0. The number of carbonyl (C=O) groups is 3. The molecule has 200 valence electrons. The van der Waals surface area contributed by atoms with Gasteiger partial charge in [0.05, 0.1) is 19.6 Å². The number of carbonyl (C=O) groups excluding carboxylic acids is 3. The Bertz CT molecular complexity index is 1070. The molecule has 0 saturated heterocycles. The second-order valence-corrected chi connectivity index (χ2v) is 8.68. The number of cyclic esters (lactones) is 2. The molecule has 0 bridgehead atoms. The monoisotopic (exact) mass is 511 g/mol. The van der Waals surface area contributed by atoms with Crippen molar-refractivity contribution in [1.29, 1.82) is 0 Å². The smallest absolute Gasteiger partial charge is 0.342 e.